The van der Waals surface area contributed by atoms with Crippen LogP contribution >= 0.6 is 0 Å². The number of carboxylic acid groups (broad SMARTS) is 1. The van der Waals surface area contributed by atoms with Crippen LogP contribution in [-0.2, 0) is 16.6 Å². The highest BCUT2D eigenvalue weighted by Gasteiger charge is 2.32. The molecule has 14 heavy (non-hydrogen) atoms. The van der Waals surface area contributed by atoms with Crippen LogP contribution in [0.2, 0.25) is 0 Å². The largest absolute Gasteiger partial charge is 0.481 e. The van der Waals surface area contributed by atoms with Gasteiger partial charge >= 0.3 is 5.97 Å². The molecule has 78 valence electrons. The van der Waals surface area contributed by atoms with Crippen LogP contribution in [0.3, 0.4) is 0 Å². The summed E-state index contributed by atoms with van der Waals surface area (Å²) in [6, 6.07) is 0. The van der Waals surface area contributed by atoms with Gasteiger partial charge in [-0.2, -0.15) is 0 Å². The highest BCUT2D eigenvalue weighted by Crippen LogP contribution is 2.20. The lowest BCUT2D eigenvalue weighted by molar-refractivity contribution is -0.142. The topological polar surface area (TPSA) is 66.0 Å². The molecule has 0 bridgehead atoms. The van der Waals surface area contributed by atoms with Crippen molar-refractivity contribution >= 4 is 5.97 Å². The van der Waals surface area contributed by atoms with E-state index in [4.69, 9.17) is 5.11 Å². The van der Waals surface area contributed by atoms with E-state index in [9.17, 15) is 4.79 Å². The van der Waals surface area contributed by atoms with Crippen LogP contribution in [0, 0.1) is 0 Å². The molecule has 0 radical (unpaired) electrons. The summed E-state index contributed by atoms with van der Waals surface area (Å²) in [5.41, 5.74) is 0.0586. The molecule has 4 nitrogen and oxygen atoms in total. The van der Waals surface area contributed by atoms with Crippen LogP contribution in [0.25, 0.3) is 0 Å². The summed E-state index contributed by atoms with van der Waals surface area (Å²) in [5.74, 6) is -0.344. The van der Waals surface area contributed by atoms with Crippen LogP contribution in [0.4, 0.5) is 0 Å². The molecule has 0 aliphatic heterocycles. The van der Waals surface area contributed by atoms with E-state index in [0.29, 0.717) is 5.82 Å². The van der Waals surface area contributed by atoms with Gasteiger partial charge in [0, 0.05) is 11.9 Å². The highest BCUT2D eigenvalue weighted by atomic mass is 16.4. The summed E-state index contributed by atoms with van der Waals surface area (Å²) in [6.45, 7) is 5.36. The fourth-order valence-corrected chi connectivity index (χ4v) is 1.17. The van der Waals surface area contributed by atoms with Gasteiger partial charge in [-0.25, -0.2) is 4.98 Å². The van der Waals surface area contributed by atoms with Gasteiger partial charge in [-0.1, -0.05) is 13.3 Å². The number of H-pyrrole nitrogens is 1. The number of nitrogens with zero attached hydrogens (tertiary/aromatic N) is 1. The first kappa shape index (κ1) is 10.8. The molecule has 1 aromatic rings. The molecule has 0 spiro atoms. The van der Waals surface area contributed by atoms with E-state index in [1.165, 1.54) is 0 Å². The van der Waals surface area contributed by atoms with Crippen LogP contribution in [-0.4, -0.2) is 21.0 Å². The fourth-order valence-electron chi connectivity index (χ4n) is 1.17. The maximum atomic E-state index is 10.9. The van der Waals surface area contributed by atoms with E-state index in [-0.39, 0.29) is 0 Å². The van der Waals surface area contributed by atoms with Crippen molar-refractivity contribution in [2.24, 2.45) is 0 Å². The molecule has 0 fully saturated rings. The zero-order chi connectivity index (χ0) is 10.8. The van der Waals surface area contributed by atoms with Gasteiger partial charge in [-0.3, -0.25) is 4.79 Å². The van der Waals surface area contributed by atoms with Gasteiger partial charge in [0.05, 0.1) is 0 Å². The Morgan fingerprint density at radius 3 is 2.79 bits per heavy atom. The fraction of sp³-hybridized carbons (Fsp3) is 0.600. The molecular weight excluding hydrogens is 180 g/mol. The minimum atomic E-state index is -0.939. The molecule has 0 aliphatic carbocycles. The summed E-state index contributed by atoms with van der Waals surface area (Å²) >= 11 is 0. The van der Waals surface area contributed by atoms with Gasteiger partial charge in [0.15, 0.2) is 0 Å². The van der Waals surface area contributed by atoms with Crippen molar-refractivity contribution in [1.82, 2.24) is 9.97 Å². The number of aromatic nitrogens is 2. The number of imidazole rings is 1. The Hall–Kier alpha value is -1.32. The summed E-state index contributed by atoms with van der Waals surface area (Å²) in [7, 11) is 0. The maximum absolute atomic E-state index is 10.9. The van der Waals surface area contributed by atoms with E-state index in [1.54, 1.807) is 20.0 Å². The molecule has 0 unspecified atom stereocenters. The van der Waals surface area contributed by atoms with E-state index < -0.39 is 11.4 Å². The van der Waals surface area contributed by atoms with Gasteiger partial charge in [0.25, 0.3) is 0 Å². The van der Waals surface area contributed by atoms with E-state index in [1.807, 2.05) is 0 Å². The van der Waals surface area contributed by atoms with Gasteiger partial charge in [-0.15, -0.1) is 0 Å². The summed E-state index contributed by atoms with van der Waals surface area (Å²) in [6.07, 6.45) is 3.64. The van der Waals surface area contributed by atoms with Crippen LogP contribution in [0.15, 0.2) is 6.20 Å². The second-order valence-electron chi connectivity index (χ2n) is 3.94. The minimum Gasteiger partial charge on any atom is -0.481 e. The molecule has 1 rings (SSSR count). The molecule has 4 heteroatoms. The first-order valence-electron chi connectivity index (χ1n) is 4.76. The standard InChI is InChI=1S/C10H16N2O2/c1-4-5-7-6-11-8(12-7)10(2,3)9(13)14/h6H,4-5H2,1-3H3,(H,11,12)(H,13,14). The summed E-state index contributed by atoms with van der Waals surface area (Å²) in [5, 5.41) is 8.97. The van der Waals surface area contributed by atoms with Crippen molar-refractivity contribution in [3.63, 3.8) is 0 Å². The Labute approximate surface area is 83.4 Å². The lowest BCUT2D eigenvalue weighted by atomic mass is 9.93. The lowest BCUT2D eigenvalue weighted by Gasteiger charge is -2.15. The molecule has 1 aromatic heterocycles. The zero-order valence-corrected chi connectivity index (χ0v) is 8.79. The third-order valence-electron chi connectivity index (χ3n) is 2.27. The average molecular weight is 196 g/mol. The Morgan fingerprint density at radius 1 is 1.64 bits per heavy atom. The van der Waals surface area contributed by atoms with Crippen LogP contribution < -0.4 is 0 Å². The molecule has 0 saturated heterocycles. The smallest absolute Gasteiger partial charge is 0.316 e. The molecule has 2 N–H and O–H groups in total. The number of aromatic amines is 1. The number of rotatable bonds is 4. The lowest BCUT2D eigenvalue weighted by Crippen LogP contribution is -2.29. The number of aryl methyl sites for hydroxylation is 1. The Bertz CT molecular complexity index is 329. The normalized spacial score (nSPS) is 11.6. The zero-order valence-electron chi connectivity index (χ0n) is 8.79. The Balaban J connectivity index is 2.91. The first-order chi connectivity index (χ1) is 6.48. The highest BCUT2D eigenvalue weighted by molar-refractivity contribution is 5.78. The van der Waals surface area contributed by atoms with Crippen molar-refractivity contribution in [3.05, 3.63) is 17.7 Å². The predicted octanol–water partition coefficient (Wildman–Crippen LogP) is 1.72. The second kappa shape index (κ2) is 3.82. The SMILES string of the molecule is CCCc1cnc(C(C)(C)C(=O)O)[nH]1. The van der Waals surface area contributed by atoms with E-state index >= 15 is 0 Å². The number of carbonyl (C=O) groups is 1. The molecule has 0 aromatic carbocycles. The Morgan fingerprint density at radius 2 is 2.29 bits per heavy atom. The summed E-state index contributed by atoms with van der Waals surface area (Å²) < 4.78 is 0. The third kappa shape index (κ3) is 1.95. The second-order valence-corrected chi connectivity index (χ2v) is 3.94. The van der Waals surface area contributed by atoms with Crippen molar-refractivity contribution in [2.75, 3.05) is 0 Å². The quantitative estimate of drug-likeness (QED) is 0.770. The monoisotopic (exact) mass is 196 g/mol. The first-order valence-corrected chi connectivity index (χ1v) is 4.76. The number of hydrogen-bond donors (Lipinski definition) is 2. The number of carboxylic acids is 1. The molecular formula is C10H16N2O2. The minimum absolute atomic E-state index is 0.522. The van der Waals surface area contributed by atoms with E-state index in [0.717, 1.165) is 18.5 Å². The van der Waals surface area contributed by atoms with E-state index in [2.05, 4.69) is 16.9 Å². The molecule has 0 aliphatic rings. The van der Waals surface area contributed by atoms with Crippen molar-refractivity contribution in [1.29, 1.82) is 0 Å². The van der Waals surface area contributed by atoms with Crippen molar-refractivity contribution in [2.45, 2.75) is 39.0 Å². The molecule has 0 amide bonds. The predicted molar refractivity (Wildman–Crippen MR) is 53.2 cm³/mol. The maximum Gasteiger partial charge on any atom is 0.316 e. The van der Waals surface area contributed by atoms with Gasteiger partial charge in [0.2, 0.25) is 0 Å². The Kier molecular flexibility index (Phi) is 2.93. The summed E-state index contributed by atoms with van der Waals surface area (Å²) in [4.78, 5) is 18.1. The number of hydrogen-bond acceptors (Lipinski definition) is 2. The van der Waals surface area contributed by atoms with Gasteiger partial charge in [0.1, 0.15) is 11.2 Å². The average Bonchev–Trinajstić information content (AvgIpc) is 2.53. The molecule has 0 saturated carbocycles. The van der Waals surface area contributed by atoms with Crippen molar-refractivity contribution in [3.8, 4) is 0 Å². The van der Waals surface area contributed by atoms with Crippen LogP contribution in [0.1, 0.15) is 38.7 Å². The van der Waals surface area contributed by atoms with Gasteiger partial charge in [-0.05, 0) is 20.3 Å². The van der Waals surface area contributed by atoms with Crippen molar-refractivity contribution < 1.29 is 9.90 Å². The number of nitrogens with one attached hydrogen (secondary N) is 1. The molecule has 0 atom stereocenters. The third-order valence-corrected chi connectivity index (χ3v) is 2.27. The van der Waals surface area contributed by atoms with Crippen LogP contribution in [0.5, 0.6) is 0 Å². The molecule has 1 heterocycles. The van der Waals surface area contributed by atoms with Gasteiger partial charge < -0.3 is 10.1 Å². The number of aliphatic carboxylic acids is 1.